The lowest BCUT2D eigenvalue weighted by atomic mass is 10.2. The van der Waals surface area contributed by atoms with Gasteiger partial charge < -0.3 is 10.5 Å². The quantitative estimate of drug-likeness (QED) is 0.858. The van der Waals surface area contributed by atoms with Gasteiger partial charge in [-0.25, -0.2) is 9.37 Å². The van der Waals surface area contributed by atoms with Crippen molar-refractivity contribution in [1.82, 2.24) is 4.98 Å². The molecular formula is C12H8FN3O. The summed E-state index contributed by atoms with van der Waals surface area (Å²) in [7, 11) is 0. The Morgan fingerprint density at radius 2 is 2.18 bits per heavy atom. The van der Waals surface area contributed by atoms with Crippen molar-refractivity contribution in [1.29, 1.82) is 5.26 Å². The fraction of sp³-hybridized carbons (Fsp3) is 0. The first-order valence-electron chi connectivity index (χ1n) is 4.78. The fourth-order valence-corrected chi connectivity index (χ4v) is 1.29. The highest BCUT2D eigenvalue weighted by Crippen LogP contribution is 2.25. The Hall–Kier alpha value is -2.61. The average Bonchev–Trinajstić information content (AvgIpc) is 2.29. The van der Waals surface area contributed by atoms with Gasteiger partial charge in [0.05, 0.1) is 0 Å². The second-order valence-corrected chi connectivity index (χ2v) is 3.25. The SMILES string of the molecule is N#Cc1c(F)cccc1Oc1cc(N)ccn1. The third-order valence-electron chi connectivity index (χ3n) is 2.06. The number of nitriles is 1. The normalized spacial score (nSPS) is 9.65. The number of nitrogens with two attached hydrogens (primary N) is 1. The number of nitrogens with zero attached hydrogens (tertiary/aromatic N) is 2. The molecule has 0 atom stereocenters. The maximum absolute atomic E-state index is 13.3. The third-order valence-corrected chi connectivity index (χ3v) is 2.06. The smallest absolute Gasteiger partial charge is 0.221 e. The third kappa shape index (κ3) is 2.32. The van der Waals surface area contributed by atoms with E-state index in [1.54, 1.807) is 12.1 Å². The lowest BCUT2D eigenvalue weighted by molar-refractivity contribution is 0.456. The Morgan fingerprint density at radius 3 is 2.88 bits per heavy atom. The number of ether oxygens (including phenoxy) is 1. The van der Waals surface area contributed by atoms with Crippen molar-refractivity contribution in [2.24, 2.45) is 0 Å². The topological polar surface area (TPSA) is 71.9 Å². The molecule has 0 aliphatic rings. The predicted octanol–water partition coefficient (Wildman–Crippen LogP) is 2.47. The standard InChI is InChI=1S/C12H8FN3O/c13-10-2-1-3-11(9(10)7-14)17-12-6-8(15)4-5-16-12/h1-6H,(H2,15,16). The molecule has 0 radical (unpaired) electrons. The van der Waals surface area contributed by atoms with E-state index in [-0.39, 0.29) is 17.2 Å². The molecule has 0 fully saturated rings. The molecule has 2 N–H and O–H groups in total. The number of halogens is 1. The molecule has 0 bridgehead atoms. The number of nitrogen functional groups attached to an aromatic ring is 1. The van der Waals surface area contributed by atoms with Crippen LogP contribution in [0.2, 0.25) is 0 Å². The summed E-state index contributed by atoms with van der Waals surface area (Å²) in [6.07, 6.45) is 1.47. The van der Waals surface area contributed by atoms with Crippen molar-refractivity contribution in [3.63, 3.8) is 0 Å². The van der Waals surface area contributed by atoms with Crippen LogP contribution in [0.15, 0.2) is 36.5 Å². The molecular weight excluding hydrogens is 221 g/mol. The Bertz CT molecular complexity index is 593. The molecule has 84 valence electrons. The van der Waals surface area contributed by atoms with Gasteiger partial charge in [-0.3, -0.25) is 0 Å². The van der Waals surface area contributed by atoms with Gasteiger partial charge in [0.25, 0.3) is 0 Å². The van der Waals surface area contributed by atoms with Gasteiger partial charge in [-0.1, -0.05) is 6.07 Å². The van der Waals surface area contributed by atoms with Crippen LogP contribution in [0.4, 0.5) is 10.1 Å². The number of hydrogen-bond donors (Lipinski definition) is 1. The Kier molecular flexibility index (Phi) is 2.88. The molecule has 2 aromatic rings. The second-order valence-electron chi connectivity index (χ2n) is 3.25. The van der Waals surface area contributed by atoms with E-state index in [1.165, 1.54) is 30.5 Å². The van der Waals surface area contributed by atoms with E-state index >= 15 is 0 Å². The highest BCUT2D eigenvalue weighted by atomic mass is 19.1. The monoisotopic (exact) mass is 229 g/mol. The van der Waals surface area contributed by atoms with Crippen LogP contribution in [0.25, 0.3) is 0 Å². The molecule has 0 spiro atoms. The first-order chi connectivity index (χ1) is 8.20. The predicted molar refractivity (Wildman–Crippen MR) is 59.8 cm³/mol. The van der Waals surface area contributed by atoms with Crippen LogP contribution >= 0.6 is 0 Å². The zero-order chi connectivity index (χ0) is 12.3. The number of hydrogen-bond acceptors (Lipinski definition) is 4. The van der Waals surface area contributed by atoms with Gasteiger partial charge in [0, 0.05) is 18.0 Å². The van der Waals surface area contributed by atoms with Crippen LogP contribution in [0.3, 0.4) is 0 Å². The zero-order valence-corrected chi connectivity index (χ0v) is 8.72. The van der Waals surface area contributed by atoms with E-state index in [0.29, 0.717) is 5.69 Å². The van der Waals surface area contributed by atoms with Crippen LogP contribution in [0, 0.1) is 17.1 Å². The molecule has 0 aliphatic carbocycles. The molecule has 5 heteroatoms. The Balaban J connectivity index is 2.37. The zero-order valence-electron chi connectivity index (χ0n) is 8.72. The van der Waals surface area contributed by atoms with Crippen molar-refractivity contribution in [3.8, 4) is 17.7 Å². The molecule has 1 heterocycles. The molecule has 0 unspecified atom stereocenters. The van der Waals surface area contributed by atoms with Crippen LogP contribution in [0.5, 0.6) is 11.6 Å². The summed E-state index contributed by atoms with van der Waals surface area (Å²) in [5.74, 6) is -0.299. The number of pyridine rings is 1. The first-order valence-corrected chi connectivity index (χ1v) is 4.78. The summed E-state index contributed by atoms with van der Waals surface area (Å²) < 4.78 is 18.6. The van der Waals surface area contributed by atoms with Gasteiger partial charge in [0.15, 0.2) is 0 Å². The highest BCUT2D eigenvalue weighted by Gasteiger charge is 2.10. The minimum absolute atomic E-state index is 0.116. The molecule has 1 aromatic carbocycles. The summed E-state index contributed by atoms with van der Waals surface area (Å²) in [4.78, 5) is 3.91. The van der Waals surface area contributed by atoms with Crippen LogP contribution in [-0.2, 0) is 0 Å². The Labute approximate surface area is 97.1 Å². The summed E-state index contributed by atoms with van der Waals surface area (Å²) in [6.45, 7) is 0. The maximum Gasteiger partial charge on any atom is 0.221 e. The number of aromatic nitrogens is 1. The fourth-order valence-electron chi connectivity index (χ4n) is 1.29. The summed E-state index contributed by atoms with van der Waals surface area (Å²) >= 11 is 0. The van der Waals surface area contributed by atoms with Crippen molar-refractivity contribution >= 4 is 5.69 Å². The van der Waals surface area contributed by atoms with Crippen molar-refractivity contribution in [2.75, 3.05) is 5.73 Å². The van der Waals surface area contributed by atoms with E-state index in [1.807, 2.05) is 0 Å². The molecule has 0 amide bonds. The first kappa shape index (κ1) is 10.9. The molecule has 1 aromatic heterocycles. The van der Waals surface area contributed by atoms with Gasteiger partial charge in [-0.05, 0) is 18.2 Å². The molecule has 0 aliphatic heterocycles. The van der Waals surface area contributed by atoms with E-state index in [0.717, 1.165) is 0 Å². The van der Waals surface area contributed by atoms with Gasteiger partial charge >= 0.3 is 0 Å². The van der Waals surface area contributed by atoms with E-state index < -0.39 is 5.82 Å². The summed E-state index contributed by atoms with van der Waals surface area (Å²) in [6, 6.07) is 8.97. The minimum Gasteiger partial charge on any atom is -0.437 e. The lowest BCUT2D eigenvalue weighted by Crippen LogP contribution is -1.94. The largest absolute Gasteiger partial charge is 0.437 e. The van der Waals surface area contributed by atoms with E-state index in [9.17, 15) is 4.39 Å². The lowest BCUT2D eigenvalue weighted by Gasteiger charge is -2.06. The highest BCUT2D eigenvalue weighted by molar-refractivity contribution is 5.47. The van der Waals surface area contributed by atoms with Gasteiger partial charge in [-0.2, -0.15) is 5.26 Å². The van der Waals surface area contributed by atoms with Crippen molar-refractivity contribution < 1.29 is 9.13 Å². The van der Waals surface area contributed by atoms with Crippen molar-refractivity contribution in [2.45, 2.75) is 0 Å². The van der Waals surface area contributed by atoms with Gasteiger partial charge in [-0.15, -0.1) is 0 Å². The molecule has 17 heavy (non-hydrogen) atoms. The molecule has 0 saturated heterocycles. The molecule has 2 rings (SSSR count). The minimum atomic E-state index is -0.631. The van der Waals surface area contributed by atoms with Crippen LogP contribution in [-0.4, -0.2) is 4.98 Å². The number of benzene rings is 1. The van der Waals surface area contributed by atoms with Gasteiger partial charge in [0.1, 0.15) is 23.2 Å². The number of anilines is 1. The van der Waals surface area contributed by atoms with Crippen LogP contribution < -0.4 is 10.5 Å². The van der Waals surface area contributed by atoms with E-state index in [4.69, 9.17) is 15.7 Å². The summed E-state index contributed by atoms with van der Waals surface area (Å²) in [5, 5.41) is 8.82. The van der Waals surface area contributed by atoms with Crippen LogP contribution in [0.1, 0.15) is 5.56 Å². The van der Waals surface area contributed by atoms with Gasteiger partial charge in [0.2, 0.25) is 5.88 Å². The second kappa shape index (κ2) is 4.49. The molecule has 0 saturated carbocycles. The maximum atomic E-state index is 13.3. The van der Waals surface area contributed by atoms with Crippen molar-refractivity contribution in [3.05, 3.63) is 47.9 Å². The van der Waals surface area contributed by atoms with E-state index in [2.05, 4.69) is 4.98 Å². The Morgan fingerprint density at radius 1 is 1.35 bits per heavy atom. The molecule has 4 nitrogen and oxygen atoms in total. The summed E-state index contributed by atoms with van der Waals surface area (Å²) in [5.41, 5.74) is 5.87. The number of rotatable bonds is 2. The average molecular weight is 229 g/mol.